The molecule has 0 aliphatic carbocycles. The summed E-state index contributed by atoms with van der Waals surface area (Å²) in [4.78, 5) is 17.0. The van der Waals surface area contributed by atoms with Crippen LogP contribution in [0, 0.1) is 17.7 Å². The van der Waals surface area contributed by atoms with Crippen LogP contribution in [0.25, 0.3) is 0 Å². The van der Waals surface area contributed by atoms with Crippen molar-refractivity contribution >= 4 is 6.03 Å². The molecule has 2 aliphatic rings. The first kappa shape index (κ1) is 23.3. The number of carbonyl (C=O) groups is 1. The highest BCUT2D eigenvalue weighted by molar-refractivity contribution is 5.74. The molecule has 0 unspecified atom stereocenters. The zero-order chi connectivity index (χ0) is 23.4. The van der Waals surface area contributed by atoms with E-state index in [9.17, 15) is 14.3 Å². The first-order valence-corrected chi connectivity index (χ1v) is 11.8. The lowest BCUT2D eigenvalue weighted by Gasteiger charge is -2.57. The van der Waals surface area contributed by atoms with E-state index in [0.29, 0.717) is 12.1 Å². The van der Waals surface area contributed by atoms with Crippen LogP contribution < -0.4 is 5.32 Å². The Bertz CT molecular complexity index is 1030. The SMILES string of the molecule is CC(C)NC(=O)N1CCCCN2[C@H](CO)[C@@H](c3ccc(C#Cc4ccccc4F)cc3)[C@@H]2C1. The van der Waals surface area contributed by atoms with E-state index in [0.717, 1.165) is 37.1 Å². The fourth-order valence-electron chi connectivity index (χ4n) is 4.95. The molecule has 174 valence electrons. The van der Waals surface area contributed by atoms with Gasteiger partial charge in [0.25, 0.3) is 0 Å². The molecule has 3 atom stereocenters. The Morgan fingerprint density at radius 3 is 2.55 bits per heavy atom. The predicted octanol–water partition coefficient (Wildman–Crippen LogP) is 3.57. The second-order valence-electron chi connectivity index (χ2n) is 9.19. The number of urea groups is 1. The molecule has 2 saturated heterocycles. The molecule has 6 heteroatoms. The van der Waals surface area contributed by atoms with Crippen LogP contribution in [0.1, 0.15) is 49.3 Å². The van der Waals surface area contributed by atoms with Crippen LogP contribution >= 0.6 is 0 Å². The molecular formula is C27H32FN3O2. The maximum atomic E-state index is 13.8. The molecule has 2 N–H and O–H groups in total. The molecule has 4 rings (SSSR count). The van der Waals surface area contributed by atoms with Crippen molar-refractivity contribution in [3.63, 3.8) is 0 Å². The second-order valence-corrected chi connectivity index (χ2v) is 9.19. The Morgan fingerprint density at radius 1 is 1.12 bits per heavy atom. The molecule has 2 heterocycles. The number of halogens is 1. The molecule has 0 saturated carbocycles. The zero-order valence-corrected chi connectivity index (χ0v) is 19.3. The fraction of sp³-hybridized carbons (Fsp3) is 0.444. The Hall–Kier alpha value is -2.88. The number of nitrogens with zero attached hydrogens (tertiary/aromatic N) is 2. The Kier molecular flexibility index (Phi) is 7.32. The third-order valence-electron chi connectivity index (χ3n) is 6.58. The number of amides is 2. The predicted molar refractivity (Wildman–Crippen MR) is 127 cm³/mol. The lowest BCUT2D eigenvalue weighted by molar-refractivity contribution is -0.0591. The van der Waals surface area contributed by atoms with Crippen molar-refractivity contribution in [3.05, 3.63) is 71.0 Å². The average molecular weight is 450 g/mol. The van der Waals surface area contributed by atoms with E-state index >= 15 is 0 Å². The van der Waals surface area contributed by atoms with Gasteiger partial charge in [-0.15, -0.1) is 0 Å². The molecule has 5 nitrogen and oxygen atoms in total. The van der Waals surface area contributed by atoms with Gasteiger partial charge in [0.05, 0.1) is 12.2 Å². The highest BCUT2D eigenvalue weighted by atomic mass is 19.1. The number of benzene rings is 2. The highest BCUT2D eigenvalue weighted by Gasteiger charge is 2.49. The monoisotopic (exact) mass is 449 g/mol. The van der Waals surface area contributed by atoms with Crippen molar-refractivity contribution in [1.29, 1.82) is 0 Å². The summed E-state index contributed by atoms with van der Waals surface area (Å²) >= 11 is 0. The van der Waals surface area contributed by atoms with Gasteiger partial charge in [0.1, 0.15) is 5.82 Å². The van der Waals surface area contributed by atoms with E-state index in [1.807, 2.05) is 43.0 Å². The summed E-state index contributed by atoms with van der Waals surface area (Å²) in [6.07, 6.45) is 1.97. The summed E-state index contributed by atoms with van der Waals surface area (Å²) in [6.45, 7) is 6.38. The standard InChI is InChI=1S/C27H32FN3O2/c1-19(2)29-27(33)30-15-5-6-16-31-24(17-30)26(25(31)18-32)22-13-10-20(11-14-22)9-12-21-7-3-4-8-23(21)28/h3-4,7-8,10-11,13-14,19,24-26,32H,5-6,15-18H2,1-2H3,(H,29,33)/t24-,25+,26-/m0/s1. The lowest BCUT2D eigenvalue weighted by Crippen LogP contribution is -2.68. The third-order valence-corrected chi connectivity index (χ3v) is 6.58. The highest BCUT2D eigenvalue weighted by Crippen LogP contribution is 2.41. The largest absolute Gasteiger partial charge is 0.395 e. The van der Waals surface area contributed by atoms with E-state index in [1.165, 1.54) is 6.07 Å². The molecule has 2 aromatic carbocycles. The maximum absolute atomic E-state index is 13.8. The molecule has 2 amide bonds. The minimum atomic E-state index is -0.322. The molecule has 2 aromatic rings. The van der Waals surface area contributed by atoms with Gasteiger partial charge >= 0.3 is 6.03 Å². The number of rotatable bonds is 3. The van der Waals surface area contributed by atoms with Gasteiger partial charge in [0.15, 0.2) is 0 Å². The first-order chi connectivity index (χ1) is 16.0. The average Bonchev–Trinajstić information content (AvgIpc) is 2.78. The number of hydrogen-bond acceptors (Lipinski definition) is 3. The van der Waals surface area contributed by atoms with Gasteiger partial charge < -0.3 is 15.3 Å². The molecule has 0 aromatic heterocycles. The number of fused-ring (bicyclic) bond motifs is 1. The minimum absolute atomic E-state index is 0.0168. The Labute approximate surface area is 195 Å². The van der Waals surface area contributed by atoms with Crippen LogP contribution in [0.5, 0.6) is 0 Å². The van der Waals surface area contributed by atoms with Crippen molar-refractivity contribution in [3.8, 4) is 11.8 Å². The van der Waals surface area contributed by atoms with Crippen LogP contribution in [0.3, 0.4) is 0 Å². The minimum Gasteiger partial charge on any atom is -0.395 e. The van der Waals surface area contributed by atoms with Gasteiger partial charge in [-0.3, -0.25) is 4.90 Å². The van der Waals surface area contributed by atoms with Gasteiger partial charge in [0, 0.05) is 42.7 Å². The van der Waals surface area contributed by atoms with E-state index in [2.05, 4.69) is 22.1 Å². The second kappa shape index (κ2) is 10.4. The lowest BCUT2D eigenvalue weighted by atomic mass is 9.74. The van der Waals surface area contributed by atoms with Crippen LogP contribution in [-0.2, 0) is 0 Å². The van der Waals surface area contributed by atoms with Crippen LogP contribution in [0.4, 0.5) is 9.18 Å². The van der Waals surface area contributed by atoms with E-state index in [4.69, 9.17) is 0 Å². The summed E-state index contributed by atoms with van der Waals surface area (Å²) in [5, 5.41) is 13.1. The number of hydrogen-bond donors (Lipinski definition) is 2. The molecular weight excluding hydrogens is 417 g/mol. The van der Waals surface area contributed by atoms with Crippen LogP contribution in [0.2, 0.25) is 0 Å². The first-order valence-electron chi connectivity index (χ1n) is 11.8. The molecule has 0 radical (unpaired) electrons. The van der Waals surface area contributed by atoms with Crippen molar-refractivity contribution in [1.82, 2.24) is 15.1 Å². The van der Waals surface area contributed by atoms with Crippen molar-refractivity contribution in [2.24, 2.45) is 0 Å². The van der Waals surface area contributed by atoms with Gasteiger partial charge in [0.2, 0.25) is 0 Å². The van der Waals surface area contributed by atoms with Crippen molar-refractivity contribution < 1.29 is 14.3 Å². The van der Waals surface area contributed by atoms with Gasteiger partial charge in [-0.1, -0.05) is 36.1 Å². The van der Waals surface area contributed by atoms with E-state index < -0.39 is 0 Å². The van der Waals surface area contributed by atoms with E-state index in [1.54, 1.807) is 18.2 Å². The number of nitrogens with one attached hydrogen (secondary N) is 1. The summed E-state index contributed by atoms with van der Waals surface area (Å²) in [5.41, 5.74) is 2.33. The molecule has 0 bridgehead atoms. The van der Waals surface area contributed by atoms with Crippen LogP contribution in [-0.4, -0.2) is 65.3 Å². The molecule has 0 spiro atoms. The molecule has 2 fully saturated rings. The number of aliphatic hydroxyl groups excluding tert-OH is 1. The summed E-state index contributed by atoms with van der Waals surface area (Å²) in [6, 6.07) is 14.8. The van der Waals surface area contributed by atoms with Gasteiger partial charge in [-0.05, 0) is 63.1 Å². The van der Waals surface area contributed by atoms with Gasteiger partial charge in [-0.2, -0.15) is 0 Å². The molecule has 2 aliphatic heterocycles. The summed E-state index contributed by atoms with van der Waals surface area (Å²) in [7, 11) is 0. The van der Waals surface area contributed by atoms with Gasteiger partial charge in [-0.25, -0.2) is 9.18 Å². The summed E-state index contributed by atoms with van der Waals surface area (Å²) < 4.78 is 13.8. The summed E-state index contributed by atoms with van der Waals surface area (Å²) in [5.74, 6) is 5.76. The Morgan fingerprint density at radius 2 is 1.85 bits per heavy atom. The quantitative estimate of drug-likeness (QED) is 0.705. The fourth-order valence-corrected chi connectivity index (χ4v) is 4.95. The van der Waals surface area contributed by atoms with Crippen molar-refractivity contribution in [2.75, 3.05) is 26.2 Å². The van der Waals surface area contributed by atoms with E-state index in [-0.39, 0.29) is 42.5 Å². The third kappa shape index (κ3) is 5.21. The topological polar surface area (TPSA) is 55.8 Å². The maximum Gasteiger partial charge on any atom is 0.317 e. The zero-order valence-electron chi connectivity index (χ0n) is 19.3. The van der Waals surface area contributed by atoms with Crippen LogP contribution in [0.15, 0.2) is 48.5 Å². The normalized spacial score (nSPS) is 22.9. The molecule has 33 heavy (non-hydrogen) atoms. The number of carbonyl (C=O) groups excluding carboxylic acids is 1. The smallest absolute Gasteiger partial charge is 0.317 e. The Balaban J connectivity index is 1.52. The number of aliphatic hydroxyl groups is 1. The van der Waals surface area contributed by atoms with Crippen molar-refractivity contribution in [2.45, 2.75) is 50.7 Å².